The zero-order valence-electron chi connectivity index (χ0n) is 9.87. The van der Waals surface area contributed by atoms with Gasteiger partial charge in [0.05, 0.1) is 6.61 Å². The van der Waals surface area contributed by atoms with Crippen LogP contribution in [-0.4, -0.2) is 65.9 Å². The van der Waals surface area contributed by atoms with E-state index in [-0.39, 0.29) is 19.0 Å². The molecule has 0 radical (unpaired) electrons. The molecule has 4 nitrogen and oxygen atoms in total. The maximum absolute atomic E-state index is 12.3. The Labute approximate surface area is 108 Å². The topological polar surface area (TPSA) is 52.6 Å². The molecule has 0 aromatic heterocycles. The van der Waals surface area contributed by atoms with E-state index in [0.29, 0.717) is 4.90 Å². The molecule has 0 aromatic carbocycles. The van der Waals surface area contributed by atoms with Crippen molar-refractivity contribution in [2.45, 2.75) is 18.6 Å². The highest BCUT2D eigenvalue weighted by atomic mass is 32.2. The van der Waals surface area contributed by atoms with Crippen LogP contribution in [0.15, 0.2) is 0 Å². The lowest BCUT2D eigenvalue weighted by atomic mass is 10.2. The molecule has 0 aliphatic carbocycles. The summed E-state index contributed by atoms with van der Waals surface area (Å²) in [4.78, 5) is 12.4. The number of alkyl halides is 3. The van der Waals surface area contributed by atoms with E-state index < -0.39 is 25.2 Å². The molecule has 1 saturated heterocycles. The fourth-order valence-electron chi connectivity index (χ4n) is 1.72. The minimum Gasteiger partial charge on any atom is -0.395 e. The average Bonchev–Trinajstić information content (AvgIpc) is 2.28. The number of carbonyl (C=O) groups excluding carboxylic acids is 1. The standard InChI is InChI=1S/C10H17F3N2O2S/c11-10(12,13)7-15(2-3-16)9(17)5-8-6-18-4-1-14-8/h8,14,16H,1-7H2. The van der Waals surface area contributed by atoms with Gasteiger partial charge in [-0.1, -0.05) is 0 Å². The lowest BCUT2D eigenvalue weighted by molar-refractivity contribution is -0.162. The first-order valence-electron chi connectivity index (χ1n) is 5.69. The molecule has 0 aromatic rings. The SMILES string of the molecule is O=C(CC1CSCCN1)N(CCO)CC(F)(F)F. The molecule has 2 N–H and O–H groups in total. The summed E-state index contributed by atoms with van der Waals surface area (Å²) in [6.07, 6.45) is -4.39. The van der Waals surface area contributed by atoms with Crippen LogP contribution in [0.2, 0.25) is 0 Å². The molecule has 18 heavy (non-hydrogen) atoms. The van der Waals surface area contributed by atoms with Crippen molar-refractivity contribution in [3.63, 3.8) is 0 Å². The van der Waals surface area contributed by atoms with Gasteiger partial charge in [-0.05, 0) is 0 Å². The number of halogens is 3. The van der Waals surface area contributed by atoms with Crippen LogP contribution >= 0.6 is 11.8 Å². The Morgan fingerprint density at radius 2 is 2.22 bits per heavy atom. The normalized spacial score (nSPS) is 20.8. The summed E-state index contributed by atoms with van der Waals surface area (Å²) in [5, 5.41) is 11.8. The number of nitrogens with zero attached hydrogens (tertiary/aromatic N) is 1. The summed E-state index contributed by atoms with van der Waals surface area (Å²) in [6.45, 7) is -1.28. The van der Waals surface area contributed by atoms with Gasteiger partial charge in [-0.3, -0.25) is 4.79 Å². The molecule has 0 bridgehead atoms. The van der Waals surface area contributed by atoms with E-state index in [9.17, 15) is 18.0 Å². The van der Waals surface area contributed by atoms with Gasteiger partial charge >= 0.3 is 6.18 Å². The minimum atomic E-state index is -4.43. The summed E-state index contributed by atoms with van der Waals surface area (Å²) in [6, 6.07) is -0.0781. The van der Waals surface area contributed by atoms with Crippen LogP contribution in [0.3, 0.4) is 0 Å². The number of carbonyl (C=O) groups is 1. The Bertz CT molecular complexity index is 270. The zero-order valence-corrected chi connectivity index (χ0v) is 10.7. The Balaban J connectivity index is 2.47. The second-order valence-electron chi connectivity index (χ2n) is 4.08. The monoisotopic (exact) mass is 286 g/mol. The summed E-state index contributed by atoms with van der Waals surface area (Å²) in [5.41, 5.74) is 0. The van der Waals surface area contributed by atoms with Crippen LogP contribution in [-0.2, 0) is 4.79 Å². The van der Waals surface area contributed by atoms with Gasteiger partial charge < -0.3 is 15.3 Å². The molecular formula is C10H17F3N2O2S. The number of hydrogen-bond acceptors (Lipinski definition) is 4. The van der Waals surface area contributed by atoms with Crippen molar-refractivity contribution >= 4 is 17.7 Å². The third-order valence-electron chi connectivity index (χ3n) is 2.51. The first-order chi connectivity index (χ1) is 8.42. The Morgan fingerprint density at radius 1 is 1.50 bits per heavy atom. The predicted molar refractivity (Wildman–Crippen MR) is 63.5 cm³/mol. The highest BCUT2D eigenvalue weighted by Crippen LogP contribution is 2.18. The highest BCUT2D eigenvalue weighted by Gasteiger charge is 2.33. The van der Waals surface area contributed by atoms with Crippen molar-refractivity contribution in [2.24, 2.45) is 0 Å². The van der Waals surface area contributed by atoms with Gasteiger partial charge in [-0.2, -0.15) is 24.9 Å². The van der Waals surface area contributed by atoms with Crippen LogP contribution in [0.5, 0.6) is 0 Å². The summed E-state index contributed by atoms with van der Waals surface area (Å²) in [5.74, 6) is 1.11. The zero-order chi connectivity index (χ0) is 13.6. The number of aliphatic hydroxyl groups excluding tert-OH is 1. The molecule has 8 heteroatoms. The summed E-state index contributed by atoms with van der Waals surface area (Å²) in [7, 11) is 0. The van der Waals surface area contributed by atoms with E-state index in [1.54, 1.807) is 11.8 Å². The van der Waals surface area contributed by atoms with Gasteiger partial charge in [0.1, 0.15) is 6.54 Å². The molecule has 1 aliphatic rings. The second-order valence-corrected chi connectivity index (χ2v) is 5.23. The van der Waals surface area contributed by atoms with E-state index in [1.807, 2.05) is 0 Å². The van der Waals surface area contributed by atoms with Gasteiger partial charge in [-0.15, -0.1) is 0 Å². The van der Waals surface area contributed by atoms with Crippen molar-refractivity contribution in [3.8, 4) is 0 Å². The smallest absolute Gasteiger partial charge is 0.395 e. The maximum atomic E-state index is 12.3. The van der Waals surface area contributed by atoms with Crippen molar-refractivity contribution in [3.05, 3.63) is 0 Å². The van der Waals surface area contributed by atoms with Gasteiger partial charge in [0.15, 0.2) is 0 Å². The van der Waals surface area contributed by atoms with E-state index in [1.165, 1.54) is 0 Å². The number of nitrogens with one attached hydrogen (secondary N) is 1. The third-order valence-corrected chi connectivity index (χ3v) is 3.64. The highest BCUT2D eigenvalue weighted by molar-refractivity contribution is 7.99. The number of rotatable bonds is 5. The average molecular weight is 286 g/mol. The van der Waals surface area contributed by atoms with Crippen LogP contribution in [0, 0.1) is 0 Å². The molecule has 1 heterocycles. The second kappa shape index (κ2) is 7.20. The molecule has 106 valence electrons. The van der Waals surface area contributed by atoms with Gasteiger partial charge in [0.25, 0.3) is 0 Å². The van der Waals surface area contributed by atoms with E-state index in [0.717, 1.165) is 18.1 Å². The largest absolute Gasteiger partial charge is 0.406 e. The minimum absolute atomic E-state index is 0.0447. The van der Waals surface area contributed by atoms with Crippen LogP contribution in [0.4, 0.5) is 13.2 Å². The fourth-order valence-corrected chi connectivity index (χ4v) is 2.67. The van der Waals surface area contributed by atoms with Crippen molar-refractivity contribution < 1.29 is 23.1 Å². The lowest BCUT2D eigenvalue weighted by Crippen LogP contribution is -2.45. The number of aliphatic hydroxyl groups is 1. The van der Waals surface area contributed by atoms with Crippen LogP contribution in [0.25, 0.3) is 0 Å². The van der Waals surface area contributed by atoms with Gasteiger partial charge in [0.2, 0.25) is 5.91 Å². The number of amides is 1. The lowest BCUT2D eigenvalue weighted by Gasteiger charge is -2.27. The first kappa shape index (κ1) is 15.6. The van der Waals surface area contributed by atoms with Crippen LogP contribution < -0.4 is 5.32 Å². The molecule has 1 amide bonds. The van der Waals surface area contributed by atoms with E-state index in [4.69, 9.17) is 5.11 Å². The predicted octanol–water partition coefficient (Wildman–Crippen LogP) is 0.465. The molecule has 1 atom stereocenters. The Hall–Kier alpha value is -0.470. The molecule has 1 aliphatic heterocycles. The van der Waals surface area contributed by atoms with Gasteiger partial charge in [0, 0.05) is 37.1 Å². The molecule has 1 fully saturated rings. The first-order valence-corrected chi connectivity index (χ1v) is 6.84. The summed E-state index contributed by atoms with van der Waals surface area (Å²) < 4.78 is 36.8. The van der Waals surface area contributed by atoms with Gasteiger partial charge in [-0.25, -0.2) is 0 Å². The summed E-state index contributed by atoms with van der Waals surface area (Å²) >= 11 is 1.68. The number of thioether (sulfide) groups is 1. The molecule has 1 unspecified atom stereocenters. The third kappa shape index (κ3) is 5.92. The molecular weight excluding hydrogens is 269 g/mol. The Morgan fingerprint density at radius 3 is 2.72 bits per heavy atom. The maximum Gasteiger partial charge on any atom is 0.406 e. The van der Waals surface area contributed by atoms with Crippen LogP contribution in [0.1, 0.15) is 6.42 Å². The molecule has 0 spiro atoms. The quantitative estimate of drug-likeness (QED) is 0.771. The molecule has 1 rings (SSSR count). The van der Waals surface area contributed by atoms with Crippen molar-refractivity contribution in [2.75, 3.05) is 37.7 Å². The van der Waals surface area contributed by atoms with Crippen molar-refractivity contribution in [1.29, 1.82) is 0 Å². The fraction of sp³-hybridized carbons (Fsp3) is 0.900. The van der Waals surface area contributed by atoms with E-state index in [2.05, 4.69) is 5.32 Å². The van der Waals surface area contributed by atoms with Crippen molar-refractivity contribution in [1.82, 2.24) is 10.2 Å². The Kier molecular flexibility index (Phi) is 6.24. The molecule has 0 saturated carbocycles. The number of hydrogen-bond donors (Lipinski definition) is 2. The van der Waals surface area contributed by atoms with E-state index >= 15 is 0 Å².